The first-order valence-corrected chi connectivity index (χ1v) is 12.1. The molecule has 1 aromatic carbocycles. The lowest BCUT2D eigenvalue weighted by Gasteiger charge is -2.26. The summed E-state index contributed by atoms with van der Waals surface area (Å²) in [5, 5.41) is 4.38. The zero-order chi connectivity index (χ0) is 22.1. The number of hydrogen-bond acceptors (Lipinski definition) is 4. The maximum atomic E-state index is 4.42. The fraction of sp³-hybridized carbons (Fsp3) is 0.440. The summed E-state index contributed by atoms with van der Waals surface area (Å²) in [6, 6.07) is 13.2. The Kier molecular flexibility index (Phi) is 8.55. The summed E-state index contributed by atoms with van der Waals surface area (Å²) in [6.45, 7) is 5.14. The predicted octanol–water partition coefficient (Wildman–Crippen LogP) is 3.37. The Labute approximate surface area is 192 Å². The van der Waals surface area contributed by atoms with Crippen molar-refractivity contribution in [3.8, 4) is 0 Å². The van der Waals surface area contributed by atoms with E-state index in [1.165, 1.54) is 29.8 Å². The summed E-state index contributed by atoms with van der Waals surface area (Å²) in [7, 11) is 8.92. The topological polar surface area (TPSA) is 31.5 Å². The fourth-order valence-electron chi connectivity index (χ4n) is 3.39. The zero-order valence-corrected chi connectivity index (χ0v) is 20.2. The Morgan fingerprint density at radius 1 is 1.06 bits per heavy atom. The van der Waals surface area contributed by atoms with E-state index in [1.807, 2.05) is 0 Å². The Bertz CT molecular complexity index is 866. The summed E-state index contributed by atoms with van der Waals surface area (Å²) < 4.78 is 3.24. The molecule has 2 aromatic rings. The van der Waals surface area contributed by atoms with Gasteiger partial charge in [-0.2, -0.15) is 0 Å². The third-order valence-corrected chi connectivity index (χ3v) is 6.21. The smallest absolute Gasteiger partial charge is 0.169 e. The minimum atomic E-state index is 0.910. The zero-order valence-electron chi connectivity index (χ0n) is 19.4. The summed E-state index contributed by atoms with van der Waals surface area (Å²) in [4.78, 5) is 6.76. The first kappa shape index (κ1) is 23.4. The van der Waals surface area contributed by atoms with Crippen molar-refractivity contribution in [2.75, 3.05) is 65.0 Å². The molecule has 0 fully saturated rings. The number of pyridine rings is 1. The summed E-state index contributed by atoms with van der Waals surface area (Å²) in [6.07, 6.45) is 9.85. The van der Waals surface area contributed by atoms with Gasteiger partial charge in [0.1, 0.15) is 0 Å². The number of amidine groups is 1. The molecule has 0 aliphatic carbocycles. The minimum absolute atomic E-state index is 0.910. The molecule has 5 nitrogen and oxygen atoms in total. The lowest BCUT2D eigenvalue weighted by molar-refractivity contribution is -0.870. The predicted molar refractivity (Wildman–Crippen MR) is 136 cm³/mol. The van der Waals surface area contributed by atoms with Crippen molar-refractivity contribution < 1.29 is 9.05 Å². The molecule has 2 heterocycles. The number of anilines is 1. The number of nitrogens with one attached hydrogen (secondary N) is 1. The van der Waals surface area contributed by atoms with E-state index in [1.54, 1.807) is 11.8 Å². The molecule has 1 aliphatic rings. The SMILES string of the molecule is CN(CCC[N+](C)(C)C)c1ccc(/C=C/c2cc[n+](CCSC3=NCCN3)cc2)cc1. The van der Waals surface area contributed by atoms with Crippen LogP contribution in [0.3, 0.4) is 0 Å². The van der Waals surface area contributed by atoms with Gasteiger partial charge in [0.25, 0.3) is 0 Å². The second-order valence-electron chi connectivity index (χ2n) is 9.05. The highest BCUT2D eigenvalue weighted by atomic mass is 32.2. The van der Waals surface area contributed by atoms with Gasteiger partial charge in [0.2, 0.25) is 0 Å². The van der Waals surface area contributed by atoms with Gasteiger partial charge in [0, 0.05) is 44.4 Å². The van der Waals surface area contributed by atoms with Crippen LogP contribution in [0, 0.1) is 0 Å². The summed E-state index contributed by atoms with van der Waals surface area (Å²) >= 11 is 1.80. The molecule has 1 aromatic heterocycles. The Balaban J connectivity index is 1.45. The standard InChI is InChI=1S/C25H37N5S/c1-28(16-5-20-30(2,3)4)24-10-8-22(9-11-24)6-7-23-12-17-29(18-13-23)19-21-31-25-26-14-15-27-25/h6-13,17-18H,5,14-16,19-21H2,1-4H3,(H,26,27)/q+2. The molecule has 1 aliphatic heterocycles. The second kappa shape index (κ2) is 11.3. The van der Waals surface area contributed by atoms with E-state index >= 15 is 0 Å². The van der Waals surface area contributed by atoms with Gasteiger partial charge in [-0.15, -0.1) is 0 Å². The van der Waals surface area contributed by atoms with Crippen LogP contribution >= 0.6 is 11.8 Å². The van der Waals surface area contributed by atoms with E-state index in [9.17, 15) is 0 Å². The van der Waals surface area contributed by atoms with Crippen LogP contribution in [0.25, 0.3) is 12.2 Å². The van der Waals surface area contributed by atoms with Gasteiger partial charge in [0.05, 0.1) is 40.0 Å². The molecule has 0 bridgehead atoms. The Morgan fingerprint density at radius 3 is 2.35 bits per heavy atom. The van der Waals surface area contributed by atoms with Crippen LogP contribution in [-0.4, -0.2) is 69.8 Å². The molecule has 0 radical (unpaired) electrons. The number of quaternary nitrogens is 1. The molecule has 0 saturated carbocycles. The van der Waals surface area contributed by atoms with Crippen LogP contribution in [-0.2, 0) is 6.54 Å². The molecule has 31 heavy (non-hydrogen) atoms. The molecule has 0 unspecified atom stereocenters. The van der Waals surface area contributed by atoms with Gasteiger partial charge in [-0.3, -0.25) is 4.99 Å². The third kappa shape index (κ3) is 8.38. The maximum Gasteiger partial charge on any atom is 0.169 e. The van der Waals surface area contributed by atoms with E-state index in [4.69, 9.17) is 0 Å². The van der Waals surface area contributed by atoms with Crippen molar-refractivity contribution in [1.29, 1.82) is 0 Å². The van der Waals surface area contributed by atoms with E-state index in [2.05, 4.69) is 109 Å². The van der Waals surface area contributed by atoms with Gasteiger partial charge < -0.3 is 14.7 Å². The number of aliphatic imine (C=N–C) groups is 1. The van der Waals surface area contributed by atoms with Crippen molar-refractivity contribution >= 4 is 34.8 Å². The average Bonchev–Trinajstić information content (AvgIpc) is 3.26. The second-order valence-corrected chi connectivity index (χ2v) is 10.1. The maximum absolute atomic E-state index is 4.42. The van der Waals surface area contributed by atoms with Gasteiger partial charge in [0.15, 0.2) is 24.1 Å². The monoisotopic (exact) mass is 439 g/mol. The van der Waals surface area contributed by atoms with E-state index < -0.39 is 0 Å². The quantitative estimate of drug-likeness (QED) is 0.455. The van der Waals surface area contributed by atoms with Gasteiger partial charge in [-0.1, -0.05) is 36.0 Å². The number of hydrogen-bond donors (Lipinski definition) is 1. The number of aryl methyl sites for hydroxylation is 1. The van der Waals surface area contributed by atoms with E-state index in [0.717, 1.165) is 41.6 Å². The minimum Gasteiger partial charge on any atom is -0.374 e. The largest absolute Gasteiger partial charge is 0.374 e. The highest BCUT2D eigenvalue weighted by Crippen LogP contribution is 2.16. The van der Waals surface area contributed by atoms with E-state index in [0.29, 0.717) is 0 Å². The number of nitrogens with zero attached hydrogens (tertiary/aromatic N) is 4. The molecule has 0 spiro atoms. The first-order valence-electron chi connectivity index (χ1n) is 11.1. The lowest BCUT2D eigenvalue weighted by Crippen LogP contribution is -2.37. The molecular formula is C25H37N5S+2. The Hall–Kier alpha value is -2.31. The first-order chi connectivity index (χ1) is 14.9. The van der Waals surface area contributed by atoms with Gasteiger partial charge >= 0.3 is 0 Å². The molecule has 0 amide bonds. The highest BCUT2D eigenvalue weighted by molar-refractivity contribution is 8.13. The van der Waals surface area contributed by atoms with Crippen LogP contribution in [0.15, 0.2) is 53.8 Å². The lowest BCUT2D eigenvalue weighted by atomic mass is 10.1. The average molecular weight is 440 g/mol. The third-order valence-electron chi connectivity index (χ3n) is 5.27. The molecule has 1 N–H and O–H groups in total. The van der Waals surface area contributed by atoms with Crippen molar-refractivity contribution in [3.05, 3.63) is 59.9 Å². The highest BCUT2D eigenvalue weighted by Gasteiger charge is 2.08. The van der Waals surface area contributed by atoms with Gasteiger partial charge in [-0.05, 0) is 23.3 Å². The van der Waals surface area contributed by atoms with E-state index in [-0.39, 0.29) is 0 Å². The van der Waals surface area contributed by atoms with Crippen LogP contribution in [0.1, 0.15) is 17.5 Å². The molecule has 166 valence electrons. The summed E-state index contributed by atoms with van der Waals surface area (Å²) in [5.74, 6) is 1.03. The molecule has 3 rings (SSSR count). The molecule has 0 saturated heterocycles. The van der Waals surface area contributed by atoms with Crippen molar-refractivity contribution in [3.63, 3.8) is 0 Å². The number of benzene rings is 1. The van der Waals surface area contributed by atoms with Crippen LogP contribution in [0.4, 0.5) is 5.69 Å². The van der Waals surface area contributed by atoms with Crippen molar-refractivity contribution in [1.82, 2.24) is 5.32 Å². The number of thioether (sulfide) groups is 1. The molecular weight excluding hydrogens is 402 g/mol. The molecule has 0 atom stereocenters. The Morgan fingerprint density at radius 2 is 1.74 bits per heavy atom. The van der Waals surface area contributed by atoms with Gasteiger partial charge in [-0.25, -0.2) is 4.57 Å². The summed E-state index contributed by atoms with van der Waals surface area (Å²) in [5.41, 5.74) is 3.71. The normalized spacial score (nSPS) is 14.0. The fourth-order valence-corrected chi connectivity index (χ4v) is 4.28. The van der Waals surface area contributed by atoms with Crippen LogP contribution in [0.5, 0.6) is 0 Å². The van der Waals surface area contributed by atoms with Crippen molar-refractivity contribution in [2.24, 2.45) is 4.99 Å². The number of aromatic nitrogens is 1. The van der Waals surface area contributed by atoms with Crippen LogP contribution < -0.4 is 14.8 Å². The van der Waals surface area contributed by atoms with Crippen molar-refractivity contribution in [2.45, 2.75) is 13.0 Å². The number of rotatable bonds is 10. The molecule has 6 heteroatoms. The van der Waals surface area contributed by atoms with Crippen LogP contribution in [0.2, 0.25) is 0 Å².